The average molecular weight is 391 g/mol. The van der Waals surface area contributed by atoms with Gasteiger partial charge in [-0.25, -0.2) is 4.79 Å². The Kier molecular flexibility index (Phi) is 6.69. The first-order chi connectivity index (χ1) is 13.4. The van der Waals surface area contributed by atoms with E-state index in [1.54, 1.807) is 29.2 Å². The van der Waals surface area contributed by atoms with Gasteiger partial charge in [0.25, 0.3) is 0 Å². The Bertz CT molecular complexity index is 677. The topological polar surface area (TPSA) is 85.3 Å². The van der Waals surface area contributed by atoms with Crippen molar-refractivity contribution in [3.05, 3.63) is 35.9 Å². The number of hydrogen-bond donors (Lipinski definition) is 1. The number of nitrogens with zero attached hydrogens (tertiary/aromatic N) is 1. The van der Waals surface area contributed by atoms with Gasteiger partial charge in [0, 0.05) is 19.5 Å². The van der Waals surface area contributed by atoms with Crippen LogP contribution in [0.5, 0.6) is 0 Å². The molecule has 1 aromatic carbocycles. The van der Waals surface area contributed by atoms with Crippen molar-refractivity contribution in [1.29, 1.82) is 0 Å². The lowest BCUT2D eigenvalue weighted by atomic mass is 10.0. The molecule has 2 aliphatic heterocycles. The number of aliphatic hydroxyl groups excluding tert-OH is 1. The first-order valence-corrected chi connectivity index (χ1v) is 9.89. The number of unbranched alkanes of at least 4 members (excludes halogenated alkanes) is 2. The molecule has 0 radical (unpaired) electrons. The average Bonchev–Trinajstić information content (AvgIpc) is 2.99. The van der Waals surface area contributed by atoms with Crippen LogP contribution in [-0.2, 0) is 19.0 Å². The molecule has 2 heterocycles. The van der Waals surface area contributed by atoms with Crippen molar-refractivity contribution in [1.82, 2.24) is 4.90 Å². The molecule has 0 bridgehead atoms. The lowest BCUT2D eigenvalue weighted by Crippen LogP contribution is -2.55. The Morgan fingerprint density at radius 3 is 2.64 bits per heavy atom. The van der Waals surface area contributed by atoms with Crippen LogP contribution in [0.25, 0.3) is 0 Å². The summed E-state index contributed by atoms with van der Waals surface area (Å²) in [5.74, 6) is -1.05. The highest BCUT2D eigenvalue weighted by molar-refractivity contribution is 5.89. The second-order valence-corrected chi connectivity index (χ2v) is 7.82. The van der Waals surface area contributed by atoms with E-state index in [2.05, 4.69) is 0 Å². The highest BCUT2D eigenvalue weighted by atomic mass is 16.8. The van der Waals surface area contributed by atoms with Gasteiger partial charge in [-0.2, -0.15) is 0 Å². The lowest BCUT2D eigenvalue weighted by Gasteiger charge is -2.36. The summed E-state index contributed by atoms with van der Waals surface area (Å²) in [6.45, 7) is 4.69. The molecule has 7 nitrogen and oxygen atoms in total. The summed E-state index contributed by atoms with van der Waals surface area (Å²) >= 11 is 0. The molecule has 2 aliphatic rings. The first-order valence-electron chi connectivity index (χ1n) is 9.89. The molecule has 28 heavy (non-hydrogen) atoms. The zero-order chi connectivity index (χ0) is 20.1. The van der Waals surface area contributed by atoms with Crippen LogP contribution in [-0.4, -0.2) is 65.7 Å². The van der Waals surface area contributed by atoms with Gasteiger partial charge in [-0.05, 0) is 45.2 Å². The number of benzene rings is 1. The maximum Gasteiger partial charge on any atom is 0.338 e. The molecular weight excluding hydrogens is 362 g/mol. The maximum atomic E-state index is 12.5. The number of likely N-dealkylation sites (tertiary alicyclic amines) is 1. The Labute approximate surface area is 165 Å². The number of ether oxygens (including phenoxy) is 3. The van der Waals surface area contributed by atoms with Gasteiger partial charge in [0.2, 0.25) is 5.91 Å². The molecule has 154 valence electrons. The van der Waals surface area contributed by atoms with Gasteiger partial charge in [0.05, 0.1) is 12.2 Å². The highest BCUT2D eigenvalue weighted by Crippen LogP contribution is 2.33. The second kappa shape index (κ2) is 9.03. The zero-order valence-electron chi connectivity index (χ0n) is 16.5. The quantitative estimate of drug-likeness (QED) is 0.566. The smallest absolute Gasteiger partial charge is 0.338 e. The number of carbonyl (C=O) groups excluding carboxylic acids is 2. The first kappa shape index (κ1) is 20.8. The summed E-state index contributed by atoms with van der Waals surface area (Å²) in [5, 5.41) is 10.3. The Hall–Kier alpha value is -1.96. The number of hydrogen-bond acceptors (Lipinski definition) is 6. The number of rotatable bonds is 7. The van der Waals surface area contributed by atoms with E-state index in [-0.39, 0.29) is 30.6 Å². The van der Waals surface area contributed by atoms with E-state index in [1.807, 2.05) is 19.9 Å². The highest BCUT2D eigenvalue weighted by Gasteiger charge is 2.49. The van der Waals surface area contributed by atoms with Gasteiger partial charge in [-0.3, -0.25) is 4.79 Å². The summed E-state index contributed by atoms with van der Waals surface area (Å²) in [4.78, 5) is 25.9. The van der Waals surface area contributed by atoms with E-state index < -0.39 is 11.9 Å². The van der Waals surface area contributed by atoms with Gasteiger partial charge >= 0.3 is 5.97 Å². The number of fused-ring (bicyclic) bond motifs is 1. The minimum absolute atomic E-state index is 0.00656. The SMILES string of the molecule is CC1(C)O[C@@H]2[C@H](O)CN(C(=O)CCCCCOC(=O)c3ccccc3)C[C@@H]2O1. The largest absolute Gasteiger partial charge is 0.462 e. The summed E-state index contributed by atoms with van der Waals surface area (Å²) in [7, 11) is 0. The van der Waals surface area contributed by atoms with Crippen molar-refractivity contribution < 1.29 is 28.9 Å². The third-order valence-corrected chi connectivity index (χ3v) is 5.04. The molecule has 0 aliphatic carbocycles. The molecule has 3 rings (SSSR count). The van der Waals surface area contributed by atoms with Crippen LogP contribution < -0.4 is 0 Å². The van der Waals surface area contributed by atoms with Gasteiger partial charge in [-0.1, -0.05) is 18.2 Å². The number of amides is 1. The maximum absolute atomic E-state index is 12.5. The van der Waals surface area contributed by atoms with E-state index in [0.717, 1.165) is 6.42 Å². The molecule has 7 heteroatoms. The molecule has 3 atom stereocenters. The van der Waals surface area contributed by atoms with E-state index in [9.17, 15) is 14.7 Å². The monoisotopic (exact) mass is 391 g/mol. The third-order valence-electron chi connectivity index (χ3n) is 5.04. The van der Waals surface area contributed by atoms with E-state index in [4.69, 9.17) is 14.2 Å². The van der Waals surface area contributed by atoms with Crippen molar-refractivity contribution in [3.8, 4) is 0 Å². The van der Waals surface area contributed by atoms with Crippen LogP contribution in [0.1, 0.15) is 49.9 Å². The van der Waals surface area contributed by atoms with Gasteiger partial charge < -0.3 is 24.2 Å². The Balaban J connectivity index is 1.32. The second-order valence-electron chi connectivity index (χ2n) is 7.82. The molecule has 1 amide bonds. The summed E-state index contributed by atoms with van der Waals surface area (Å²) in [5.41, 5.74) is 0.543. The number of esters is 1. The number of carbonyl (C=O) groups is 2. The van der Waals surface area contributed by atoms with Crippen LogP contribution in [0.3, 0.4) is 0 Å². The van der Waals surface area contributed by atoms with Crippen molar-refractivity contribution in [3.63, 3.8) is 0 Å². The van der Waals surface area contributed by atoms with Crippen molar-refractivity contribution in [2.75, 3.05) is 19.7 Å². The molecule has 0 spiro atoms. The van der Waals surface area contributed by atoms with Crippen molar-refractivity contribution in [2.45, 2.75) is 63.6 Å². The fourth-order valence-corrected chi connectivity index (χ4v) is 3.69. The zero-order valence-corrected chi connectivity index (χ0v) is 16.5. The minimum atomic E-state index is -0.734. The fourth-order valence-electron chi connectivity index (χ4n) is 3.69. The van der Waals surface area contributed by atoms with Crippen LogP contribution in [0.2, 0.25) is 0 Å². The van der Waals surface area contributed by atoms with Crippen molar-refractivity contribution >= 4 is 11.9 Å². The molecule has 0 unspecified atom stereocenters. The normalized spacial score (nSPS) is 26.0. The van der Waals surface area contributed by atoms with E-state index in [1.165, 1.54) is 0 Å². The predicted molar refractivity (Wildman–Crippen MR) is 102 cm³/mol. The molecule has 0 saturated carbocycles. The number of β-amino-alcohol motifs (C(OH)–C–C–N with tert-alkyl or cyclic N) is 1. The summed E-state index contributed by atoms with van der Waals surface area (Å²) in [6.07, 6.45) is 1.22. The molecule has 0 aromatic heterocycles. The molecular formula is C21H29NO6. The summed E-state index contributed by atoms with van der Waals surface area (Å²) < 4.78 is 16.7. The van der Waals surface area contributed by atoms with Gasteiger partial charge in [0.15, 0.2) is 5.79 Å². The predicted octanol–water partition coefficient (Wildman–Crippen LogP) is 2.13. The number of piperidine rings is 1. The molecule has 1 aromatic rings. The van der Waals surface area contributed by atoms with Crippen LogP contribution in [0.4, 0.5) is 0 Å². The van der Waals surface area contributed by atoms with Crippen LogP contribution in [0, 0.1) is 0 Å². The molecule has 1 N–H and O–H groups in total. The number of aliphatic hydroxyl groups is 1. The van der Waals surface area contributed by atoms with E-state index >= 15 is 0 Å². The van der Waals surface area contributed by atoms with Crippen molar-refractivity contribution in [2.24, 2.45) is 0 Å². The molecule has 2 fully saturated rings. The lowest BCUT2D eigenvalue weighted by molar-refractivity contribution is -0.152. The minimum Gasteiger partial charge on any atom is -0.462 e. The summed E-state index contributed by atoms with van der Waals surface area (Å²) in [6, 6.07) is 8.89. The third kappa shape index (κ3) is 5.31. The Morgan fingerprint density at radius 2 is 1.89 bits per heavy atom. The standard InChI is InChI=1S/C21H29NO6/c1-21(2)27-17-14-22(13-16(23)19(17)28-21)18(24)11-7-4-8-12-26-20(25)15-9-5-3-6-10-15/h3,5-6,9-10,16-17,19,23H,4,7-8,11-14H2,1-2H3/t16-,17+,19-/m1/s1. The fraction of sp³-hybridized carbons (Fsp3) is 0.619. The van der Waals surface area contributed by atoms with Gasteiger partial charge in [-0.15, -0.1) is 0 Å². The Morgan fingerprint density at radius 1 is 1.14 bits per heavy atom. The van der Waals surface area contributed by atoms with Gasteiger partial charge in [0.1, 0.15) is 18.3 Å². The van der Waals surface area contributed by atoms with Crippen LogP contribution >= 0.6 is 0 Å². The van der Waals surface area contributed by atoms with E-state index in [0.29, 0.717) is 38.0 Å². The molecule has 2 saturated heterocycles. The van der Waals surface area contributed by atoms with Crippen LogP contribution in [0.15, 0.2) is 30.3 Å².